The highest BCUT2D eigenvalue weighted by Gasteiger charge is 2.07. The third-order valence-corrected chi connectivity index (χ3v) is 4.24. The summed E-state index contributed by atoms with van der Waals surface area (Å²) in [6.45, 7) is 0. The molecule has 1 nitrogen and oxygen atoms in total. The van der Waals surface area contributed by atoms with Gasteiger partial charge >= 0.3 is 0 Å². The van der Waals surface area contributed by atoms with Gasteiger partial charge < -0.3 is 5.73 Å². The quantitative estimate of drug-likeness (QED) is 0.468. The summed E-state index contributed by atoms with van der Waals surface area (Å²) in [6.07, 6.45) is 0. The van der Waals surface area contributed by atoms with E-state index in [2.05, 4.69) is 66.7 Å². The summed E-state index contributed by atoms with van der Waals surface area (Å²) in [5, 5.41) is 2.52. The molecule has 110 valence electrons. The first kappa shape index (κ1) is 13.6. The summed E-state index contributed by atoms with van der Waals surface area (Å²) in [7, 11) is 0. The van der Waals surface area contributed by atoms with E-state index < -0.39 is 0 Å². The van der Waals surface area contributed by atoms with Gasteiger partial charge in [-0.2, -0.15) is 0 Å². The molecule has 0 atom stereocenters. The van der Waals surface area contributed by atoms with E-state index in [1.165, 1.54) is 21.9 Å². The van der Waals surface area contributed by atoms with Gasteiger partial charge in [0, 0.05) is 11.3 Å². The fraction of sp³-hybridized carbons (Fsp3) is 0. The summed E-state index contributed by atoms with van der Waals surface area (Å²) in [5.41, 5.74) is 11.7. The fourth-order valence-corrected chi connectivity index (χ4v) is 3.07. The number of nitrogen functional groups attached to an aromatic ring is 1. The molecule has 0 aliphatic carbocycles. The molecule has 0 amide bonds. The van der Waals surface area contributed by atoms with Crippen molar-refractivity contribution in [3.8, 4) is 22.3 Å². The van der Waals surface area contributed by atoms with Crippen molar-refractivity contribution in [1.82, 2.24) is 0 Å². The Hall–Kier alpha value is -3.06. The monoisotopic (exact) mass is 295 g/mol. The molecule has 0 aromatic heterocycles. The topological polar surface area (TPSA) is 26.0 Å². The van der Waals surface area contributed by atoms with Gasteiger partial charge in [-0.25, -0.2) is 0 Å². The fourth-order valence-electron chi connectivity index (χ4n) is 3.07. The number of hydrogen-bond acceptors (Lipinski definition) is 1. The molecule has 0 spiro atoms. The van der Waals surface area contributed by atoms with Crippen LogP contribution in [0.2, 0.25) is 0 Å². The van der Waals surface area contributed by atoms with Crippen molar-refractivity contribution < 1.29 is 0 Å². The largest absolute Gasteiger partial charge is 0.398 e. The smallest absolute Gasteiger partial charge is 0.0394 e. The van der Waals surface area contributed by atoms with E-state index in [0.717, 1.165) is 16.8 Å². The summed E-state index contributed by atoms with van der Waals surface area (Å²) >= 11 is 0. The first-order chi connectivity index (χ1) is 11.3. The number of fused-ring (bicyclic) bond motifs is 1. The van der Waals surface area contributed by atoms with Crippen molar-refractivity contribution in [2.24, 2.45) is 0 Å². The van der Waals surface area contributed by atoms with Crippen LogP contribution in [0.5, 0.6) is 0 Å². The molecule has 0 aliphatic rings. The maximum Gasteiger partial charge on any atom is 0.0394 e. The maximum absolute atomic E-state index is 6.21. The van der Waals surface area contributed by atoms with Crippen LogP contribution in [0.3, 0.4) is 0 Å². The summed E-state index contributed by atoms with van der Waals surface area (Å²) in [6, 6.07) is 31.5. The van der Waals surface area contributed by atoms with Crippen LogP contribution in [0.15, 0.2) is 91.0 Å². The lowest BCUT2D eigenvalue weighted by Crippen LogP contribution is -1.91. The van der Waals surface area contributed by atoms with Crippen LogP contribution in [0, 0.1) is 0 Å². The molecule has 1 heteroatoms. The molecule has 0 unspecified atom stereocenters. The molecule has 0 bridgehead atoms. The minimum absolute atomic E-state index is 0.806. The van der Waals surface area contributed by atoms with E-state index in [-0.39, 0.29) is 0 Å². The van der Waals surface area contributed by atoms with Crippen molar-refractivity contribution >= 4 is 16.5 Å². The zero-order valence-electron chi connectivity index (χ0n) is 12.7. The van der Waals surface area contributed by atoms with E-state index in [0.29, 0.717) is 0 Å². The number of hydrogen-bond donors (Lipinski definition) is 1. The van der Waals surface area contributed by atoms with E-state index in [1.54, 1.807) is 0 Å². The second-order valence-corrected chi connectivity index (χ2v) is 5.69. The van der Waals surface area contributed by atoms with Crippen LogP contribution in [0.25, 0.3) is 33.0 Å². The first-order valence-corrected chi connectivity index (χ1v) is 7.76. The Morgan fingerprint density at radius 2 is 1.26 bits per heavy atom. The predicted molar refractivity (Wildman–Crippen MR) is 99.2 cm³/mol. The molecule has 2 N–H and O–H groups in total. The molecule has 23 heavy (non-hydrogen) atoms. The minimum Gasteiger partial charge on any atom is -0.398 e. The predicted octanol–water partition coefficient (Wildman–Crippen LogP) is 5.76. The Morgan fingerprint density at radius 3 is 2.13 bits per heavy atom. The second-order valence-electron chi connectivity index (χ2n) is 5.69. The lowest BCUT2D eigenvalue weighted by molar-refractivity contribution is 1.59. The molecule has 0 aliphatic heterocycles. The molecular weight excluding hydrogens is 278 g/mol. The minimum atomic E-state index is 0.806. The highest BCUT2D eigenvalue weighted by Crippen LogP contribution is 2.34. The zero-order valence-corrected chi connectivity index (χ0v) is 12.7. The van der Waals surface area contributed by atoms with Gasteiger partial charge in [-0.3, -0.25) is 0 Å². The normalized spacial score (nSPS) is 10.8. The standard InChI is InChI=1S/C22H17N/c23-22-14-13-18(15-21(22)17-7-2-1-3-8-17)20-12-6-10-16-9-4-5-11-19(16)20/h1-15H,23H2. The molecule has 0 heterocycles. The van der Waals surface area contributed by atoms with Crippen LogP contribution >= 0.6 is 0 Å². The van der Waals surface area contributed by atoms with Gasteiger partial charge in [0.15, 0.2) is 0 Å². The molecule has 0 fully saturated rings. The number of benzene rings is 4. The Balaban J connectivity index is 1.93. The van der Waals surface area contributed by atoms with Crippen LogP contribution in [0.4, 0.5) is 5.69 Å². The average molecular weight is 295 g/mol. The van der Waals surface area contributed by atoms with Crippen molar-refractivity contribution in [3.05, 3.63) is 91.0 Å². The first-order valence-electron chi connectivity index (χ1n) is 7.76. The zero-order chi connectivity index (χ0) is 15.6. The molecule has 0 radical (unpaired) electrons. The molecule has 4 aromatic carbocycles. The van der Waals surface area contributed by atoms with E-state index in [4.69, 9.17) is 5.73 Å². The van der Waals surface area contributed by atoms with Crippen LogP contribution in [-0.2, 0) is 0 Å². The van der Waals surface area contributed by atoms with Gasteiger partial charge in [0.1, 0.15) is 0 Å². The summed E-state index contributed by atoms with van der Waals surface area (Å²) < 4.78 is 0. The number of rotatable bonds is 2. The Morgan fingerprint density at radius 1 is 0.522 bits per heavy atom. The van der Waals surface area contributed by atoms with Crippen LogP contribution < -0.4 is 5.73 Å². The van der Waals surface area contributed by atoms with Gasteiger partial charge in [0.2, 0.25) is 0 Å². The van der Waals surface area contributed by atoms with Crippen molar-refractivity contribution in [2.45, 2.75) is 0 Å². The molecule has 4 rings (SSSR count). The van der Waals surface area contributed by atoms with Gasteiger partial charge in [-0.05, 0) is 39.6 Å². The molecular formula is C22H17N. The van der Waals surface area contributed by atoms with Gasteiger partial charge in [-0.15, -0.1) is 0 Å². The molecule has 0 saturated heterocycles. The highest BCUT2D eigenvalue weighted by molar-refractivity contribution is 5.97. The van der Waals surface area contributed by atoms with Crippen molar-refractivity contribution in [2.75, 3.05) is 5.73 Å². The average Bonchev–Trinajstić information content (AvgIpc) is 2.62. The Kier molecular flexibility index (Phi) is 3.32. The summed E-state index contributed by atoms with van der Waals surface area (Å²) in [4.78, 5) is 0. The Bertz CT molecular complexity index is 966. The Labute approximate surface area is 136 Å². The number of nitrogens with two attached hydrogens (primary N) is 1. The van der Waals surface area contributed by atoms with Gasteiger partial charge in [0.05, 0.1) is 0 Å². The number of anilines is 1. The third-order valence-electron chi connectivity index (χ3n) is 4.24. The summed E-state index contributed by atoms with van der Waals surface area (Å²) in [5.74, 6) is 0. The van der Waals surface area contributed by atoms with Gasteiger partial charge in [-0.1, -0.05) is 78.9 Å². The molecule has 4 aromatic rings. The van der Waals surface area contributed by atoms with E-state index in [9.17, 15) is 0 Å². The van der Waals surface area contributed by atoms with Gasteiger partial charge in [0.25, 0.3) is 0 Å². The van der Waals surface area contributed by atoms with Crippen LogP contribution in [0.1, 0.15) is 0 Å². The van der Waals surface area contributed by atoms with Crippen molar-refractivity contribution in [3.63, 3.8) is 0 Å². The van der Waals surface area contributed by atoms with Crippen LogP contribution in [-0.4, -0.2) is 0 Å². The third kappa shape index (κ3) is 2.47. The maximum atomic E-state index is 6.21. The van der Waals surface area contributed by atoms with E-state index in [1.807, 2.05) is 24.3 Å². The second kappa shape index (κ2) is 5.62. The SMILES string of the molecule is Nc1ccc(-c2cccc3ccccc23)cc1-c1ccccc1. The highest BCUT2D eigenvalue weighted by atomic mass is 14.6. The van der Waals surface area contributed by atoms with E-state index >= 15 is 0 Å². The molecule has 0 saturated carbocycles. The lowest BCUT2D eigenvalue weighted by Gasteiger charge is -2.11. The van der Waals surface area contributed by atoms with Crippen molar-refractivity contribution in [1.29, 1.82) is 0 Å². The lowest BCUT2D eigenvalue weighted by atomic mass is 9.94.